The van der Waals surface area contributed by atoms with Crippen molar-refractivity contribution in [3.63, 3.8) is 0 Å². The topological polar surface area (TPSA) is 70.7 Å². The molecule has 2 aromatic rings. The second kappa shape index (κ2) is 10.0. The zero-order valence-electron chi connectivity index (χ0n) is 17.4. The number of halogens is 1. The summed E-state index contributed by atoms with van der Waals surface area (Å²) in [6.07, 6.45) is 0.388. The van der Waals surface area contributed by atoms with Crippen LogP contribution in [0.4, 0.5) is 5.69 Å². The highest BCUT2D eigenvalue weighted by Gasteiger charge is 2.29. The molecule has 2 unspecified atom stereocenters. The minimum atomic E-state index is -0.455. The highest BCUT2D eigenvalue weighted by Crippen LogP contribution is 2.38. The molecule has 2 aliphatic heterocycles. The fourth-order valence-corrected chi connectivity index (χ4v) is 5.09. The fraction of sp³-hybridized carbons (Fsp3) is 0.391. The lowest BCUT2D eigenvalue weighted by molar-refractivity contribution is -0.124. The van der Waals surface area contributed by atoms with E-state index >= 15 is 0 Å². The lowest BCUT2D eigenvalue weighted by Gasteiger charge is -2.31. The molecule has 4 rings (SSSR count). The Kier molecular flexibility index (Phi) is 7.17. The van der Waals surface area contributed by atoms with Gasteiger partial charge in [0.05, 0.1) is 23.6 Å². The van der Waals surface area contributed by atoms with Crippen molar-refractivity contribution in [3.8, 4) is 0 Å². The molecule has 0 radical (unpaired) electrons. The Balaban J connectivity index is 1.29. The predicted octanol–water partition coefficient (Wildman–Crippen LogP) is 3.68. The van der Waals surface area contributed by atoms with Gasteiger partial charge in [-0.2, -0.15) is 0 Å². The Morgan fingerprint density at radius 3 is 2.97 bits per heavy atom. The summed E-state index contributed by atoms with van der Waals surface area (Å²) in [4.78, 5) is 28.2. The number of carbonyl (C=O) groups is 2. The number of fused-ring (bicyclic) bond motifs is 1. The third-order valence-corrected chi connectivity index (χ3v) is 6.85. The lowest BCUT2D eigenvalue weighted by atomic mass is 10.1. The summed E-state index contributed by atoms with van der Waals surface area (Å²) in [6.45, 7) is 6.03. The quantitative estimate of drug-likeness (QED) is 0.689. The van der Waals surface area contributed by atoms with Crippen LogP contribution in [0.2, 0.25) is 5.02 Å². The van der Waals surface area contributed by atoms with Crippen LogP contribution in [0.1, 0.15) is 24.5 Å². The van der Waals surface area contributed by atoms with Gasteiger partial charge >= 0.3 is 0 Å². The molecule has 2 aromatic carbocycles. The minimum absolute atomic E-state index is 0.129. The smallest absolute Gasteiger partial charge is 0.238 e. The number of anilines is 1. The van der Waals surface area contributed by atoms with Crippen molar-refractivity contribution >= 4 is 40.9 Å². The number of nitrogens with zero attached hydrogens (tertiary/aromatic N) is 1. The first kappa shape index (κ1) is 22.1. The van der Waals surface area contributed by atoms with Gasteiger partial charge in [0.25, 0.3) is 0 Å². The Bertz CT molecular complexity index is 971. The largest absolute Gasteiger partial charge is 0.376 e. The molecule has 2 N–H and O–H groups in total. The van der Waals surface area contributed by atoms with Gasteiger partial charge < -0.3 is 15.4 Å². The number of morpholine rings is 1. The van der Waals surface area contributed by atoms with Crippen molar-refractivity contribution in [1.29, 1.82) is 0 Å². The normalized spacial score (nSPS) is 21.3. The maximum Gasteiger partial charge on any atom is 0.238 e. The van der Waals surface area contributed by atoms with E-state index in [0.717, 1.165) is 36.7 Å². The molecule has 164 valence electrons. The zero-order valence-corrected chi connectivity index (χ0v) is 19.0. The molecule has 6 nitrogen and oxygen atoms in total. The summed E-state index contributed by atoms with van der Waals surface area (Å²) < 4.78 is 5.60. The number of ether oxygens (including phenoxy) is 1. The number of thioether (sulfide) groups is 1. The molecule has 0 saturated carbocycles. The van der Waals surface area contributed by atoms with Crippen molar-refractivity contribution in [1.82, 2.24) is 10.2 Å². The number of benzene rings is 2. The van der Waals surface area contributed by atoms with Gasteiger partial charge in [0, 0.05) is 42.5 Å². The second-order valence-electron chi connectivity index (χ2n) is 7.95. The third kappa shape index (κ3) is 6.01. The van der Waals surface area contributed by atoms with Crippen LogP contribution in [0.25, 0.3) is 0 Å². The van der Waals surface area contributed by atoms with Crippen LogP contribution in [0, 0.1) is 0 Å². The van der Waals surface area contributed by atoms with E-state index in [-0.39, 0.29) is 24.3 Å². The standard InChI is InChI=1S/C23H26ClN3O3S/c1-15-13-27(7-8-30-15)14-17-4-2-3-16(9-17)12-25-22(28)11-21-23(29)26-19-10-18(24)5-6-20(19)31-21/h2-6,9-10,15,21H,7-8,11-14H2,1H3,(H,25,28)(H,26,29). The Hall–Kier alpha value is -2.06. The molecule has 0 aromatic heterocycles. The van der Waals surface area contributed by atoms with Crippen molar-refractivity contribution in [2.45, 2.75) is 42.7 Å². The van der Waals surface area contributed by atoms with E-state index in [1.54, 1.807) is 12.1 Å². The average molecular weight is 460 g/mol. The van der Waals surface area contributed by atoms with E-state index in [1.165, 1.54) is 17.3 Å². The highest BCUT2D eigenvalue weighted by atomic mass is 35.5. The van der Waals surface area contributed by atoms with E-state index in [9.17, 15) is 9.59 Å². The van der Waals surface area contributed by atoms with Crippen LogP contribution in [-0.4, -0.2) is 47.8 Å². The van der Waals surface area contributed by atoms with Crippen LogP contribution in [0.5, 0.6) is 0 Å². The summed E-state index contributed by atoms with van der Waals surface area (Å²) in [7, 11) is 0. The van der Waals surface area contributed by atoms with Crippen molar-refractivity contribution in [3.05, 3.63) is 58.6 Å². The fourth-order valence-electron chi connectivity index (χ4n) is 3.83. The van der Waals surface area contributed by atoms with Gasteiger partial charge in [-0.15, -0.1) is 11.8 Å². The predicted molar refractivity (Wildman–Crippen MR) is 123 cm³/mol. The average Bonchev–Trinajstić information content (AvgIpc) is 2.73. The zero-order chi connectivity index (χ0) is 21.8. The van der Waals surface area contributed by atoms with Crippen LogP contribution >= 0.6 is 23.4 Å². The summed E-state index contributed by atoms with van der Waals surface area (Å²) in [6, 6.07) is 13.6. The molecule has 0 spiro atoms. The van der Waals surface area contributed by atoms with E-state index in [2.05, 4.69) is 34.6 Å². The van der Waals surface area contributed by atoms with Gasteiger partial charge in [-0.05, 0) is 36.2 Å². The summed E-state index contributed by atoms with van der Waals surface area (Å²) in [5, 5.41) is 5.91. The number of hydrogen-bond donors (Lipinski definition) is 2. The first-order valence-corrected chi connectivity index (χ1v) is 11.7. The lowest BCUT2D eigenvalue weighted by Crippen LogP contribution is -2.40. The Morgan fingerprint density at radius 1 is 1.29 bits per heavy atom. The molecular formula is C23H26ClN3O3S. The Labute approximate surface area is 191 Å². The SMILES string of the molecule is CC1CN(Cc2cccc(CNC(=O)CC3Sc4ccc(Cl)cc4NC3=O)c2)CCO1. The molecule has 8 heteroatoms. The highest BCUT2D eigenvalue weighted by molar-refractivity contribution is 8.01. The van der Waals surface area contributed by atoms with E-state index in [4.69, 9.17) is 16.3 Å². The number of amides is 2. The van der Waals surface area contributed by atoms with E-state index in [1.807, 2.05) is 18.2 Å². The number of hydrogen-bond acceptors (Lipinski definition) is 5. The van der Waals surface area contributed by atoms with Crippen molar-refractivity contribution < 1.29 is 14.3 Å². The third-order valence-electron chi connectivity index (χ3n) is 5.34. The molecule has 2 atom stereocenters. The maximum atomic E-state index is 12.5. The molecule has 0 bridgehead atoms. The van der Waals surface area contributed by atoms with Crippen LogP contribution in [-0.2, 0) is 27.4 Å². The summed E-state index contributed by atoms with van der Waals surface area (Å²) >= 11 is 7.38. The van der Waals surface area contributed by atoms with Gasteiger partial charge in [-0.3, -0.25) is 14.5 Å². The molecular weight excluding hydrogens is 434 g/mol. The first-order valence-electron chi connectivity index (χ1n) is 10.4. The number of nitrogens with one attached hydrogen (secondary N) is 2. The second-order valence-corrected chi connectivity index (χ2v) is 9.63. The maximum absolute atomic E-state index is 12.5. The molecule has 2 aliphatic rings. The number of rotatable bonds is 6. The van der Waals surface area contributed by atoms with Crippen LogP contribution in [0.15, 0.2) is 47.4 Å². The van der Waals surface area contributed by atoms with Crippen molar-refractivity contribution in [2.24, 2.45) is 0 Å². The molecule has 1 saturated heterocycles. The van der Waals surface area contributed by atoms with Gasteiger partial charge in [0.15, 0.2) is 0 Å². The van der Waals surface area contributed by atoms with Gasteiger partial charge in [-0.1, -0.05) is 35.9 Å². The van der Waals surface area contributed by atoms with Gasteiger partial charge in [0.1, 0.15) is 0 Å². The van der Waals surface area contributed by atoms with E-state index < -0.39 is 5.25 Å². The summed E-state index contributed by atoms with van der Waals surface area (Å²) in [5.74, 6) is -0.311. The van der Waals surface area contributed by atoms with Crippen LogP contribution < -0.4 is 10.6 Å². The van der Waals surface area contributed by atoms with E-state index in [0.29, 0.717) is 17.3 Å². The molecule has 1 fully saturated rings. The van der Waals surface area contributed by atoms with Crippen LogP contribution in [0.3, 0.4) is 0 Å². The minimum Gasteiger partial charge on any atom is -0.376 e. The monoisotopic (exact) mass is 459 g/mol. The number of carbonyl (C=O) groups excluding carboxylic acids is 2. The molecule has 31 heavy (non-hydrogen) atoms. The van der Waals surface area contributed by atoms with Gasteiger partial charge in [0.2, 0.25) is 11.8 Å². The van der Waals surface area contributed by atoms with Crippen molar-refractivity contribution in [2.75, 3.05) is 25.0 Å². The molecule has 2 amide bonds. The Morgan fingerprint density at radius 2 is 2.13 bits per heavy atom. The molecule has 0 aliphatic carbocycles. The summed E-state index contributed by atoms with van der Waals surface area (Å²) in [5.41, 5.74) is 2.97. The van der Waals surface area contributed by atoms with Gasteiger partial charge in [-0.25, -0.2) is 0 Å². The molecule has 2 heterocycles. The first-order chi connectivity index (χ1) is 15.0.